The van der Waals surface area contributed by atoms with Gasteiger partial charge in [0.1, 0.15) is 11.9 Å². The zero-order valence-electron chi connectivity index (χ0n) is 10.3. The number of aliphatic hydroxyl groups is 1. The molecule has 0 saturated carbocycles. The molecule has 0 saturated heterocycles. The number of aliphatic hydroxyl groups excluding tert-OH is 1. The molecule has 3 rings (SSSR count). The van der Waals surface area contributed by atoms with Crippen LogP contribution in [0.4, 0.5) is 5.69 Å². The van der Waals surface area contributed by atoms with Crippen molar-refractivity contribution in [3.05, 3.63) is 63.3 Å². The van der Waals surface area contributed by atoms with Crippen LogP contribution in [0.5, 0.6) is 0 Å². The summed E-state index contributed by atoms with van der Waals surface area (Å²) in [6, 6.07) is 12.6. The summed E-state index contributed by atoms with van der Waals surface area (Å²) in [5.74, 6) is 0.415. The Bertz CT molecular complexity index is 785. The van der Waals surface area contributed by atoms with Crippen LogP contribution < -0.4 is 5.73 Å². The highest BCUT2D eigenvalue weighted by Crippen LogP contribution is 2.34. The molecule has 1 unspecified atom stereocenters. The standard InChI is InChI=1S/C15H11BrClNO2/c16-9-4-5-12(18)10(7-9)14(19)13-6-8-2-1-3-11(17)15(8)20-13/h1-7,14,19H,18H2. The Hall–Kier alpha value is -1.49. The van der Waals surface area contributed by atoms with Crippen molar-refractivity contribution in [1.29, 1.82) is 0 Å². The van der Waals surface area contributed by atoms with Gasteiger partial charge in [-0.3, -0.25) is 0 Å². The van der Waals surface area contributed by atoms with Crippen LogP contribution in [0.1, 0.15) is 17.4 Å². The molecule has 5 heteroatoms. The van der Waals surface area contributed by atoms with Gasteiger partial charge in [-0.2, -0.15) is 0 Å². The van der Waals surface area contributed by atoms with Gasteiger partial charge in [-0.15, -0.1) is 0 Å². The molecule has 102 valence electrons. The molecule has 3 N–H and O–H groups in total. The van der Waals surface area contributed by atoms with Gasteiger partial charge < -0.3 is 15.3 Å². The van der Waals surface area contributed by atoms with Crippen molar-refractivity contribution in [2.75, 3.05) is 5.73 Å². The van der Waals surface area contributed by atoms with Crippen LogP contribution >= 0.6 is 27.5 Å². The zero-order chi connectivity index (χ0) is 14.3. The van der Waals surface area contributed by atoms with E-state index in [2.05, 4.69) is 15.9 Å². The molecule has 0 aliphatic heterocycles. The second kappa shape index (κ2) is 5.13. The van der Waals surface area contributed by atoms with Crippen molar-refractivity contribution >= 4 is 44.2 Å². The first-order valence-electron chi connectivity index (χ1n) is 5.97. The second-order valence-electron chi connectivity index (χ2n) is 4.48. The van der Waals surface area contributed by atoms with Gasteiger partial charge in [0.05, 0.1) is 5.02 Å². The number of fused-ring (bicyclic) bond motifs is 1. The van der Waals surface area contributed by atoms with Crippen LogP contribution in [0.3, 0.4) is 0 Å². The highest BCUT2D eigenvalue weighted by Gasteiger charge is 2.19. The molecule has 1 aromatic heterocycles. The first-order valence-corrected chi connectivity index (χ1v) is 7.14. The maximum Gasteiger partial charge on any atom is 0.153 e. The Morgan fingerprint density at radius 2 is 2.00 bits per heavy atom. The number of nitrogen functional groups attached to an aromatic ring is 1. The lowest BCUT2D eigenvalue weighted by atomic mass is 10.1. The van der Waals surface area contributed by atoms with Gasteiger partial charge in [0, 0.05) is 21.1 Å². The maximum absolute atomic E-state index is 10.5. The summed E-state index contributed by atoms with van der Waals surface area (Å²) in [6.45, 7) is 0. The van der Waals surface area contributed by atoms with Gasteiger partial charge in [-0.05, 0) is 30.3 Å². The Morgan fingerprint density at radius 3 is 2.75 bits per heavy atom. The third-order valence-corrected chi connectivity index (χ3v) is 3.92. The SMILES string of the molecule is Nc1ccc(Br)cc1C(O)c1cc2cccc(Cl)c2o1. The summed E-state index contributed by atoms with van der Waals surface area (Å²) in [4.78, 5) is 0. The largest absolute Gasteiger partial charge is 0.456 e. The monoisotopic (exact) mass is 351 g/mol. The minimum atomic E-state index is -0.934. The molecular weight excluding hydrogens is 342 g/mol. The first kappa shape index (κ1) is 13.5. The van der Waals surface area contributed by atoms with Crippen molar-refractivity contribution < 1.29 is 9.52 Å². The van der Waals surface area contributed by atoms with E-state index >= 15 is 0 Å². The number of hydrogen-bond acceptors (Lipinski definition) is 3. The van der Waals surface area contributed by atoms with Gasteiger partial charge in [-0.25, -0.2) is 0 Å². The molecule has 3 aromatic rings. The molecule has 0 spiro atoms. The normalized spacial score (nSPS) is 12.8. The van der Waals surface area contributed by atoms with Crippen molar-refractivity contribution in [3.8, 4) is 0 Å². The van der Waals surface area contributed by atoms with Crippen LogP contribution in [0.2, 0.25) is 5.02 Å². The molecule has 0 bridgehead atoms. The topological polar surface area (TPSA) is 59.4 Å². The minimum absolute atomic E-state index is 0.415. The summed E-state index contributed by atoms with van der Waals surface area (Å²) in [7, 11) is 0. The smallest absolute Gasteiger partial charge is 0.153 e. The van der Waals surface area contributed by atoms with Crippen LogP contribution in [0.25, 0.3) is 11.0 Å². The summed E-state index contributed by atoms with van der Waals surface area (Å²) in [6.07, 6.45) is -0.934. The lowest BCUT2D eigenvalue weighted by Crippen LogP contribution is -2.02. The number of anilines is 1. The van der Waals surface area contributed by atoms with Gasteiger partial charge in [0.2, 0.25) is 0 Å². The van der Waals surface area contributed by atoms with E-state index in [1.807, 2.05) is 18.2 Å². The molecule has 20 heavy (non-hydrogen) atoms. The molecule has 1 heterocycles. The summed E-state index contributed by atoms with van der Waals surface area (Å²) >= 11 is 9.44. The summed E-state index contributed by atoms with van der Waals surface area (Å²) < 4.78 is 6.50. The number of hydrogen-bond donors (Lipinski definition) is 2. The predicted molar refractivity (Wildman–Crippen MR) is 83.8 cm³/mol. The van der Waals surface area contributed by atoms with Gasteiger partial charge in [0.15, 0.2) is 5.58 Å². The van der Waals surface area contributed by atoms with Crippen LogP contribution in [0.15, 0.2) is 51.4 Å². The Morgan fingerprint density at radius 1 is 1.20 bits per heavy atom. The first-order chi connectivity index (χ1) is 9.56. The van der Waals surface area contributed by atoms with Crippen LogP contribution in [-0.2, 0) is 0 Å². The lowest BCUT2D eigenvalue weighted by molar-refractivity contribution is 0.193. The third kappa shape index (κ3) is 2.30. The van der Waals surface area contributed by atoms with E-state index in [9.17, 15) is 5.11 Å². The van der Waals surface area contributed by atoms with Crippen molar-refractivity contribution in [2.24, 2.45) is 0 Å². The third-order valence-electron chi connectivity index (χ3n) is 3.13. The summed E-state index contributed by atoms with van der Waals surface area (Å²) in [5.41, 5.74) is 7.57. The molecule has 0 amide bonds. The van der Waals surface area contributed by atoms with Crippen LogP contribution in [-0.4, -0.2) is 5.11 Å². The van der Waals surface area contributed by atoms with Crippen molar-refractivity contribution in [2.45, 2.75) is 6.10 Å². The predicted octanol–water partition coefficient (Wildman–Crippen LogP) is 4.51. The Labute approximate surface area is 129 Å². The van der Waals surface area contributed by atoms with E-state index in [-0.39, 0.29) is 0 Å². The van der Waals surface area contributed by atoms with E-state index in [0.717, 1.165) is 9.86 Å². The fourth-order valence-corrected chi connectivity index (χ4v) is 2.72. The maximum atomic E-state index is 10.5. The number of furan rings is 1. The zero-order valence-corrected chi connectivity index (χ0v) is 12.6. The molecule has 0 aliphatic rings. The van der Waals surface area contributed by atoms with Crippen molar-refractivity contribution in [3.63, 3.8) is 0 Å². The van der Waals surface area contributed by atoms with Gasteiger partial charge >= 0.3 is 0 Å². The molecule has 0 fully saturated rings. The fourth-order valence-electron chi connectivity index (χ4n) is 2.12. The fraction of sp³-hybridized carbons (Fsp3) is 0.0667. The van der Waals surface area contributed by atoms with E-state index in [1.54, 1.807) is 24.3 Å². The number of halogens is 2. The highest BCUT2D eigenvalue weighted by atomic mass is 79.9. The molecular formula is C15H11BrClNO2. The van der Waals surface area contributed by atoms with E-state index in [1.165, 1.54) is 0 Å². The Kier molecular flexibility index (Phi) is 3.46. The lowest BCUT2D eigenvalue weighted by Gasteiger charge is -2.11. The average Bonchev–Trinajstić information content (AvgIpc) is 2.86. The minimum Gasteiger partial charge on any atom is -0.456 e. The van der Waals surface area contributed by atoms with E-state index < -0.39 is 6.10 Å². The average molecular weight is 353 g/mol. The number of para-hydroxylation sites is 1. The molecule has 1 atom stereocenters. The summed E-state index contributed by atoms with van der Waals surface area (Å²) in [5, 5.41) is 11.8. The van der Waals surface area contributed by atoms with E-state index in [0.29, 0.717) is 27.6 Å². The highest BCUT2D eigenvalue weighted by molar-refractivity contribution is 9.10. The number of benzene rings is 2. The second-order valence-corrected chi connectivity index (χ2v) is 5.81. The number of rotatable bonds is 2. The van der Waals surface area contributed by atoms with Crippen molar-refractivity contribution in [1.82, 2.24) is 0 Å². The van der Waals surface area contributed by atoms with Gasteiger partial charge in [0.25, 0.3) is 0 Å². The molecule has 0 radical (unpaired) electrons. The van der Waals surface area contributed by atoms with Gasteiger partial charge in [-0.1, -0.05) is 39.7 Å². The molecule has 3 nitrogen and oxygen atoms in total. The number of nitrogens with two attached hydrogens (primary N) is 1. The van der Waals surface area contributed by atoms with Crippen LogP contribution in [0, 0.1) is 0 Å². The molecule has 2 aromatic carbocycles. The molecule has 0 aliphatic carbocycles. The Balaban J connectivity index is 2.10. The quantitative estimate of drug-likeness (QED) is 0.667. The van der Waals surface area contributed by atoms with E-state index in [4.69, 9.17) is 21.8 Å².